The van der Waals surface area contributed by atoms with Gasteiger partial charge < -0.3 is 24.4 Å². The standard InChI is InChI=1S/C31H36ClN5O5S/c1-4-40-25-17-21(13-14-24(25)42-18-26(38)36-15-9-6-10-16-36)28-27(29(39)41-5-2)20(3)33-30-34-31(35-37(28)30)43-19-22-11-7-8-12-23(22)32/h7-8,11-14,17,28H,4-6,9-10,15-16,18-19H2,1-3H3,(H,33,34,35). The Bertz CT molecular complexity index is 1500. The van der Waals surface area contributed by atoms with Gasteiger partial charge >= 0.3 is 5.97 Å². The normalized spacial score (nSPS) is 16.4. The van der Waals surface area contributed by atoms with Crippen LogP contribution in [0.4, 0.5) is 5.95 Å². The molecule has 10 nitrogen and oxygen atoms in total. The second-order valence-corrected chi connectivity index (χ2v) is 11.5. The summed E-state index contributed by atoms with van der Waals surface area (Å²) in [6.45, 7) is 7.55. The smallest absolute Gasteiger partial charge is 0.338 e. The average Bonchev–Trinajstić information content (AvgIpc) is 3.42. The Labute approximate surface area is 260 Å². The van der Waals surface area contributed by atoms with Gasteiger partial charge in [0.15, 0.2) is 18.1 Å². The molecule has 2 aliphatic rings. The van der Waals surface area contributed by atoms with E-state index >= 15 is 0 Å². The summed E-state index contributed by atoms with van der Waals surface area (Å²) in [5.41, 5.74) is 2.74. The number of ether oxygens (including phenoxy) is 3. The fraction of sp³-hybridized carbons (Fsp3) is 0.419. The first kappa shape index (κ1) is 30.7. The van der Waals surface area contributed by atoms with E-state index in [1.807, 2.05) is 55.1 Å². The third-order valence-electron chi connectivity index (χ3n) is 7.29. The van der Waals surface area contributed by atoms with Crippen molar-refractivity contribution in [2.75, 3.05) is 38.2 Å². The highest BCUT2D eigenvalue weighted by Crippen LogP contribution is 2.40. The van der Waals surface area contributed by atoms with Crippen molar-refractivity contribution in [2.24, 2.45) is 0 Å². The molecular formula is C31H36ClN5O5S. The molecule has 1 amide bonds. The van der Waals surface area contributed by atoms with Crippen LogP contribution in [0.2, 0.25) is 5.02 Å². The van der Waals surface area contributed by atoms with Gasteiger partial charge in [-0.15, -0.1) is 5.10 Å². The third-order valence-corrected chi connectivity index (χ3v) is 8.54. The van der Waals surface area contributed by atoms with Crippen molar-refractivity contribution in [3.8, 4) is 11.5 Å². The number of carbonyl (C=O) groups excluding carboxylic acids is 2. The molecule has 1 N–H and O–H groups in total. The molecule has 3 heterocycles. The van der Waals surface area contributed by atoms with Gasteiger partial charge in [0, 0.05) is 29.6 Å². The second kappa shape index (κ2) is 14.2. The van der Waals surface area contributed by atoms with E-state index in [1.165, 1.54) is 11.8 Å². The first-order valence-corrected chi connectivity index (χ1v) is 15.9. The van der Waals surface area contributed by atoms with E-state index in [-0.39, 0.29) is 19.1 Å². The van der Waals surface area contributed by atoms with Crippen LogP contribution < -0.4 is 14.8 Å². The number of piperidine rings is 1. The van der Waals surface area contributed by atoms with E-state index in [4.69, 9.17) is 35.9 Å². The number of amides is 1. The zero-order chi connectivity index (χ0) is 30.3. The molecular weight excluding hydrogens is 590 g/mol. The average molecular weight is 626 g/mol. The van der Waals surface area contributed by atoms with Gasteiger partial charge in [-0.1, -0.05) is 47.6 Å². The van der Waals surface area contributed by atoms with Crippen LogP contribution in [0, 0.1) is 0 Å². The highest BCUT2D eigenvalue weighted by atomic mass is 35.5. The minimum absolute atomic E-state index is 0.0400. The number of esters is 1. The zero-order valence-electron chi connectivity index (χ0n) is 24.6. The predicted molar refractivity (Wildman–Crippen MR) is 166 cm³/mol. The number of benzene rings is 2. The lowest BCUT2D eigenvalue weighted by molar-refractivity contribution is -0.139. The SMILES string of the molecule is CCOC(=O)C1=C(C)Nc2nc(SCc3ccccc3Cl)nn2C1c1ccc(OCC(=O)N2CCCCC2)c(OCC)c1. The molecule has 1 saturated heterocycles. The Kier molecular flexibility index (Phi) is 10.1. The van der Waals surface area contributed by atoms with E-state index in [0.717, 1.165) is 43.5 Å². The van der Waals surface area contributed by atoms with Crippen molar-refractivity contribution >= 4 is 41.2 Å². The molecule has 1 unspecified atom stereocenters. The van der Waals surface area contributed by atoms with Crippen molar-refractivity contribution in [2.45, 2.75) is 57.0 Å². The molecule has 3 aromatic rings. The van der Waals surface area contributed by atoms with Crippen LogP contribution in [0.3, 0.4) is 0 Å². The first-order chi connectivity index (χ1) is 20.9. The Hall–Kier alpha value is -3.70. The van der Waals surface area contributed by atoms with Gasteiger partial charge in [0.25, 0.3) is 5.91 Å². The number of hydrogen-bond acceptors (Lipinski definition) is 9. The molecule has 43 heavy (non-hydrogen) atoms. The summed E-state index contributed by atoms with van der Waals surface area (Å²) in [5, 5.41) is 9.23. The number of carbonyl (C=O) groups is 2. The minimum Gasteiger partial charge on any atom is -0.490 e. The molecule has 1 aromatic heterocycles. The van der Waals surface area contributed by atoms with Crippen LogP contribution in [0.15, 0.2) is 58.9 Å². The van der Waals surface area contributed by atoms with Gasteiger partial charge in [-0.05, 0) is 69.4 Å². The number of allylic oxidation sites excluding steroid dienone is 1. The third kappa shape index (κ3) is 7.10. The molecule has 0 radical (unpaired) electrons. The van der Waals surface area contributed by atoms with E-state index in [2.05, 4.69) is 5.32 Å². The molecule has 1 atom stereocenters. The topological polar surface area (TPSA) is 108 Å². The van der Waals surface area contributed by atoms with E-state index in [9.17, 15) is 9.59 Å². The van der Waals surface area contributed by atoms with Gasteiger partial charge in [-0.2, -0.15) is 4.98 Å². The van der Waals surface area contributed by atoms with Crippen molar-refractivity contribution in [1.29, 1.82) is 0 Å². The highest BCUT2D eigenvalue weighted by Gasteiger charge is 2.36. The highest BCUT2D eigenvalue weighted by molar-refractivity contribution is 7.98. The maximum atomic E-state index is 13.3. The van der Waals surface area contributed by atoms with Gasteiger partial charge in [0.1, 0.15) is 6.04 Å². The molecule has 2 aromatic carbocycles. The quantitative estimate of drug-likeness (QED) is 0.207. The largest absolute Gasteiger partial charge is 0.490 e. The van der Waals surface area contributed by atoms with Crippen LogP contribution in [-0.2, 0) is 20.1 Å². The summed E-state index contributed by atoms with van der Waals surface area (Å²) in [5.74, 6) is 1.53. The molecule has 0 spiro atoms. The van der Waals surface area contributed by atoms with Gasteiger partial charge in [-0.25, -0.2) is 9.48 Å². The molecule has 1 fully saturated rings. The number of fused-ring (bicyclic) bond motifs is 1. The second-order valence-electron chi connectivity index (χ2n) is 10.2. The van der Waals surface area contributed by atoms with Crippen LogP contribution in [-0.4, -0.2) is 64.5 Å². The fourth-order valence-electron chi connectivity index (χ4n) is 5.19. The van der Waals surface area contributed by atoms with Crippen LogP contribution in [0.25, 0.3) is 0 Å². The molecule has 2 aliphatic heterocycles. The van der Waals surface area contributed by atoms with Gasteiger partial charge in [-0.3, -0.25) is 4.79 Å². The number of hydrogen-bond donors (Lipinski definition) is 1. The Morgan fingerprint density at radius 2 is 1.84 bits per heavy atom. The van der Waals surface area contributed by atoms with Crippen molar-refractivity contribution < 1.29 is 23.8 Å². The lowest BCUT2D eigenvalue weighted by atomic mass is 9.95. The predicted octanol–water partition coefficient (Wildman–Crippen LogP) is 5.87. The fourth-order valence-corrected chi connectivity index (χ4v) is 6.30. The maximum absolute atomic E-state index is 13.3. The minimum atomic E-state index is -0.638. The monoisotopic (exact) mass is 625 g/mol. The summed E-state index contributed by atoms with van der Waals surface area (Å²) in [6.07, 6.45) is 3.18. The van der Waals surface area contributed by atoms with E-state index in [0.29, 0.717) is 51.3 Å². The number of likely N-dealkylation sites (tertiary alicyclic amines) is 1. The van der Waals surface area contributed by atoms with Crippen molar-refractivity contribution in [1.82, 2.24) is 19.7 Å². The summed E-state index contributed by atoms with van der Waals surface area (Å²) in [4.78, 5) is 32.6. The van der Waals surface area contributed by atoms with E-state index in [1.54, 1.807) is 17.7 Å². The Morgan fingerprint density at radius 1 is 1.05 bits per heavy atom. The first-order valence-electron chi connectivity index (χ1n) is 14.5. The summed E-state index contributed by atoms with van der Waals surface area (Å²) < 4.78 is 19.1. The zero-order valence-corrected chi connectivity index (χ0v) is 26.2. The Morgan fingerprint density at radius 3 is 2.58 bits per heavy atom. The van der Waals surface area contributed by atoms with Crippen molar-refractivity contribution in [3.63, 3.8) is 0 Å². The molecule has 0 bridgehead atoms. The number of halogens is 1. The van der Waals surface area contributed by atoms with Crippen LogP contribution >= 0.6 is 23.4 Å². The summed E-state index contributed by atoms with van der Waals surface area (Å²) >= 11 is 7.81. The molecule has 5 rings (SSSR count). The number of anilines is 1. The lowest BCUT2D eigenvalue weighted by Crippen LogP contribution is -2.38. The van der Waals surface area contributed by atoms with Crippen LogP contribution in [0.1, 0.15) is 57.2 Å². The number of thioether (sulfide) groups is 1. The van der Waals surface area contributed by atoms with Crippen LogP contribution in [0.5, 0.6) is 11.5 Å². The summed E-state index contributed by atoms with van der Waals surface area (Å²) in [7, 11) is 0. The van der Waals surface area contributed by atoms with E-state index < -0.39 is 12.0 Å². The Balaban J connectivity index is 1.45. The lowest BCUT2D eigenvalue weighted by Gasteiger charge is -2.28. The number of nitrogens with zero attached hydrogens (tertiary/aromatic N) is 4. The van der Waals surface area contributed by atoms with Gasteiger partial charge in [0.05, 0.1) is 18.8 Å². The molecule has 0 aliphatic carbocycles. The summed E-state index contributed by atoms with van der Waals surface area (Å²) in [6, 6.07) is 12.5. The number of aromatic nitrogens is 3. The van der Waals surface area contributed by atoms with Crippen molar-refractivity contribution in [3.05, 3.63) is 69.9 Å². The number of nitrogens with one attached hydrogen (secondary N) is 1. The maximum Gasteiger partial charge on any atom is 0.338 e. The molecule has 12 heteroatoms. The molecule has 228 valence electrons. The van der Waals surface area contributed by atoms with Gasteiger partial charge in [0.2, 0.25) is 11.1 Å². The molecule has 0 saturated carbocycles. The number of rotatable bonds is 11.